The zero-order valence-electron chi connectivity index (χ0n) is 20.5. The van der Waals surface area contributed by atoms with E-state index in [0.29, 0.717) is 58.8 Å². The first kappa shape index (κ1) is 26.4. The average molecular weight is 466 g/mol. The van der Waals surface area contributed by atoms with Crippen LogP contribution in [0.25, 0.3) is 0 Å². The summed E-state index contributed by atoms with van der Waals surface area (Å²) in [4.78, 5) is 0. The Labute approximate surface area is 199 Å². The largest absolute Gasteiger partial charge is 0.468 e. The van der Waals surface area contributed by atoms with Crippen LogP contribution in [0.15, 0.2) is 18.2 Å². The summed E-state index contributed by atoms with van der Waals surface area (Å²) in [7, 11) is 1.66. The molecule has 188 valence electrons. The molecule has 1 saturated carbocycles. The minimum Gasteiger partial charge on any atom is -0.468 e. The smallest absolute Gasteiger partial charge is 0.189 e. The second-order valence-electron chi connectivity index (χ2n) is 9.33. The molecule has 0 unspecified atom stereocenters. The highest BCUT2D eigenvalue weighted by atomic mass is 16.7. The first-order valence-corrected chi connectivity index (χ1v) is 12.5. The molecule has 2 aliphatic rings. The number of benzene rings is 1. The van der Waals surface area contributed by atoms with Crippen molar-refractivity contribution >= 4 is 0 Å². The van der Waals surface area contributed by atoms with Crippen LogP contribution in [0.4, 0.5) is 0 Å². The molecule has 0 heterocycles. The number of fused-ring (bicyclic) bond motifs is 4. The Morgan fingerprint density at radius 1 is 0.879 bits per heavy atom. The summed E-state index contributed by atoms with van der Waals surface area (Å²) in [5.41, 5.74) is 9.63. The van der Waals surface area contributed by atoms with Crippen molar-refractivity contribution in [3.63, 3.8) is 0 Å². The summed E-state index contributed by atoms with van der Waals surface area (Å²) < 4.78 is 32.7. The summed E-state index contributed by atoms with van der Waals surface area (Å²) >= 11 is 0. The van der Waals surface area contributed by atoms with Crippen LogP contribution in [0.3, 0.4) is 0 Å². The van der Waals surface area contributed by atoms with E-state index in [9.17, 15) is 0 Å². The lowest BCUT2D eigenvalue weighted by atomic mass is 9.60. The Kier molecular flexibility index (Phi) is 11.4. The Balaban J connectivity index is 1.30. The molecular weight excluding hydrogens is 422 g/mol. The molecule has 2 aliphatic carbocycles. The van der Waals surface area contributed by atoms with E-state index in [1.807, 2.05) is 0 Å². The fraction of sp³-hybridized carbons (Fsp3) is 0.769. The van der Waals surface area contributed by atoms with E-state index in [1.54, 1.807) is 7.11 Å². The first-order valence-electron chi connectivity index (χ1n) is 12.5. The van der Waals surface area contributed by atoms with Gasteiger partial charge in [-0.25, -0.2) is 0 Å². The molecule has 0 spiro atoms. The van der Waals surface area contributed by atoms with Crippen molar-refractivity contribution in [1.29, 1.82) is 0 Å². The monoisotopic (exact) mass is 465 g/mol. The van der Waals surface area contributed by atoms with E-state index in [4.69, 9.17) is 34.2 Å². The third-order valence-corrected chi connectivity index (χ3v) is 7.05. The lowest BCUT2D eigenvalue weighted by molar-refractivity contribution is -0.0320. The molecule has 3 atom stereocenters. The van der Waals surface area contributed by atoms with Crippen molar-refractivity contribution in [1.82, 2.24) is 0 Å². The predicted octanol–water partition coefficient (Wildman–Crippen LogP) is 3.46. The normalized spacial score (nSPS) is 24.7. The van der Waals surface area contributed by atoms with Crippen LogP contribution in [-0.4, -0.2) is 72.8 Å². The third kappa shape index (κ3) is 7.91. The van der Waals surface area contributed by atoms with Crippen LogP contribution in [0.2, 0.25) is 0 Å². The highest BCUT2D eigenvalue weighted by Gasteiger charge is 2.43. The second kappa shape index (κ2) is 14.2. The number of hydrogen-bond donors (Lipinski definition) is 1. The highest BCUT2D eigenvalue weighted by molar-refractivity contribution is 5.44. The van der Waals surface area contributed by atoms with Crippen molar-refractivity contribution < 1.29 is 28.4 Å². The molecule has 0 aliphatic heterocycles. The molecule has 33 heavy (non-hydrogen) atoms. The number of nitrogens with two attached hydrogens (primary N) is 1. The zero-order chi connectivity index (χ0) is 23.4. The van der Waals surface area contributed by atoms with Crippen molar-refractivity contribution in [3.05, 3.63) is 29.3 Å². The zero-order valence-corrected chi connectivity index (χ0v) is 20.5. The average Bonchev–Trinajstić information content (AvgIpc) is 2.82. The molecule has 1 fully saturated rings. The van der Waals surface area contributed by atoms with Gasteiger partial charge in [0.15, 0.2) is 6.79 Å². The number of hydrogen-bond acceptors (Lipinski definition) is 7. The maximum atomic E-state index is 6.78. The Morgan fingerprint density at radius 2 is 1.55 bits per heavy atom. The van der Waals surface area contributed by atoms with Crippen LogP contribution in [0, 0.1) is 5.92 Å². The van der Waals surface area contributed by atoms with Gasteiger partial charge in [0, 0.05) is 18.6 Å². The van der Waals surface area contributed by atoms with Crippen LogP contribution in [0.5, 0.6) is 5.75 Å². The molecule has 0 amide bonds. The molecule has 0 radical (unpaired) electrons. The molecule has 2 N–H and O–H groups in total. The van der Waals surface area contributed by atoms with Crippen molar-refractivity contribution in [2.24, 2.45) is 11.7 Å². The van der Waals surface area contributed by atoms with E-state index in [2.05, 4.69) is 25.1 Å². The van der Waals surface area contributed by atoms with E-state index >= 15 is 0 Å². The van der Waals surface area contributed by atoms with E-state index in [1.165, 1.54) is 36.8 Å². The lowest BCUT2D eigenvalue weighted by Gasteiger charge is -2.47. The van der Waals surface area contributed by atoms with Crippen LogP contribution >= 0.6 is 0 Å². The Hall–Kier alpha value is -1.22. The van der Waals surface area contributed by atoms with Crippen LogP contribution in [-0.2, 0) is 35.5 Å². The maximum absolute atomic E-state index is 6.78. The number of methoxy groups -OCH3 is 1. The van der Waals surface area contributed by atoms with Gasteiger partial charge in [-0.3, -0.25) is 0 Å². The number of rotatable bonds is 15. The standard InChI is InChI=1S/C26H43NO6/c1-26-9-5-3-4-6-22(25(26)27)18-21-7-8-23(19-24(21)26)33-20-32-17-16-31-15-14-30-13-12-29-11-10-28-2/h7-8,19,22,25H,3-6,9-18,20,27H2,1-2H3/t22-,25-,26+/m0/s1. The van der Waals surface area contributed by atoms with Crippen molar-refractivity contribution in [2.75, 3.05) is 66.8 Å². The van der Waals surface area contributed by atoms with Gasteiger partial charge in [-0.05, 0) is 48.4 Å². The van der Waals surface area contributed by atoms with Gasteiger partial charge in [-0.15, -0.1) is 0 Å². The molecule has 7 nitrogen and oxygen atoms in total. The SMILES string of the molecule is COCCOCCOCCOCCOCOc1ccc2c(c1)[C@@]1(C)CCCCC[C@@H](C2)[C@@H]1N. The molecule has 2 bridgehead atoms. The van der Waals surface area contributed by atoms with Crippen LogP contribution in [0.1, 0.15) is 50.2 Å². The van der Waals surface area contributed by atoms with Gasteiger partial charge in [0.2, 0.25) is 0 Å². The Morgan fingerprint density at radius 3 is 2.24 bits per heavy atom. The molecular formula is C26H43NO6. The third-order valence-electron chi connectivity index (χ3n) is 7.05. The van der Waals surface area contributed by atoms with E-state index < -0.39 is 0 Å². The van der Waals surface area contributed by atoms with Crippen molar-refractivity contribution in [3.8, 4) is 5.75 Å². The molecule has 1 aromatic carbocycles. The van der Waals surface area contributed by atoms with E-state index in [-0.39, 0.29) is 18.2 Å². The predicted molar refractivity (Wildman–Crippen MR) is 128 cm³/mol. The summed E-state index contributed by atoms with van der Waals surface area (Å²) in [5.74, 6) is 1.45. The lowest BCUT2D eigenvalue weighted by Crippen LogP contribution is -2.52. The summed E-state index contributed by atoms with van der Waals surface area (Å²) in [6.07, 6.45) is 7.36. The summed E-state index contributed by atoms with van der Waals surface area (Å²) in [5, 5.41) is 0. The fourth-order valence-corrected chi connectivity index (χ4v) is 5.09. The van der Waals surface area contributed by atoms with E-state index in [0.717, 1.165) is 18.6 Å². The molecule has 3 rings (SSSR count). The number of ether oxygens (including phenoxy) is 6. The highest BCUT2D eigenvalue weighted by Crippen LogP contribution is 2.46. The van der Waals surface area contributed by atoms with Gasteiger partial charge < -0.3 is 34.2 Å². The van der Waals surface area contributed by atoms with Gasteiger partial charge in [-0.1, -0.05) is 32.3 Å². The van der Waals surface area contributed by atoms with Gasteiger partial charge >= 0.3 is 0 Å². The molecule has 7 heteroatoms. The van der Waals surface area contributed by atoms with Gasteiger partial charge in [-0.2, -0.15) is 0 Å². The van der Waals surface area contributed by atoms with Gasteiger partial charge in [0.1, 0.15) is 5.75 Å². The molecule has 0 saturated heterocycles. The molecule has 1 aromatic rings. The van der Waals surface area contributed by atoms with Gasteiger partial charge in [0.05, 0.1) is 52.9 Å². The Bertz CT molecular complexity index is 687. The second-order valence-corrected chi connectivity index (χ2v) is 9.33. The van der Waals surface area contributed by atoms with Crippen molar-refractivity contribution in [2.45, 2.75) is 56.9 Å². The minimum atomic E-state index is 0.0326. The van der Waals surface area contributed by atoms with Crippen LogP contribution < -0.4 is 10.5 Å². The maximum Gasteiger partial charge on any atom is 0.189 e. The molecule has 0 aromatic heterocycles. The topological polar surface area (TPSA) is 81.4 Å². The summed E-state index contributed by atoms with van der Waals surface area (Å²) in [6, 6.07) is 6.72. The minimum absolute atomic E-state index is 0.0326. The fourth-order valence-electron chi connectivity index (χ4n) is 5.09. The quantitative estimate of drug-likeness (QED) is 0.314. The summed E-state index contributed by atoms with van der Waals surface area (Å²) in [6.45, 7) is 6.95. The van der Waals surface area contributed by atoms with Gasteiger partial charge in [0.25, 0.3) is 0 Å². The first-order chi connectivity index (χ1) is 16.1.